The summed E-state index contributed by atoms with van der Waals surface area (Å²) in [6.07, 6.45) is -4.31. The van der Waals surface area contributed by atoms with Gasteiger partial charge in [0.15, 0.2) is 5.96 Å². The third-order valence-electron chi connectivity index (χ3n) is 2.62. The predicted octanol–water partition coefficient (Wildman–Crippen LogP) is 3.64. The van der Waals surface area contributed by atoms with Crippen LogP contribution < -0.4 is 10.6 Å². The lowest BCUT2D eigenvalue weighted by atomic mass is 10.1. The molecule has 0 radical (unpaired) electrons. The molecule has 0 aromatic heterocycles. The van der Waals surface area contributed by atoms with E-state index >= 15 is 0 Å². The number of nitrogens with zero attached hydrogens (tertiary/aromatic N) is 1. The highest BCUT2D eigenvalue weighted by Crippen LogP contribution is 2.29. The van der Waals surface area contributed by atoms with Gasteiger partial charge in [-0.05, 0) is 23.6 Å². The van der Waals surface area contributed by atoms with E-state index in [-0.39, 0.29) is 24.0 Å². The molecule has 0 spiro atoms. The molecule has 0 fully saturated rings. The van der Waals surface area contributed by atoms with E-state index in [0.29, 0.717) is 24.0 Å². The summed E-state index contributed by atoms with van der Waals surface area (Å²) in [6.45, 7) is 5.17. The van der Waals surface area contributed by atoms with Crippen LogP contribution in [0.3, 0.4) is 0 Å². The van der Waals surface area contributed by atoms with Crippen LogP contribution in [0.2, 0.25) is 0 Å². The monoisotopic (exact) mass is 415 g/mol. The number of hydrogen-bond acceptors (Lipinski definition) is 1. The van der Waals surface area contributed by atoms with E-state index in [2.05, 4.69) is 29.5 Å². The number of nitrogens with one attached hydrogen (secondary N) is 2. The maximum atomic E-state index is 12.6. The van der Waals surface area contributed by atoms with E-state index in [9.17, 15) is 13.2 Å². The maximum Gasteiger partial charge on any atom is 0.416 e. The highest BCUT2D eigenvalue weighted by atomic mass is 127. The number of benzene rings is 1. The van der Waals surface area contributed by atoms with Crippen LogP contribution in [0, 0.1) is 5.92 Å². The lowest BCUT2D eigenvalue weighted by molar-refractivity contribution is -0.137. The van der Waals surface area contributed by atoms with Crippen molar-refractivity contribution in [1.82, 2.24) is 10.6 Å². The highest BCUT2D eigenvalue weighted by molar-refractivity contribution is 14.0. The van der Waals surface area contributed by atoms with E-state index in [0.717, 1.165) is 18.7 Å². The largest absolute Gasteiger partial charge is 0.416 e. The number of hydrogen-bond donors (Lipinski definition) is 2. The minimum Gasteiger partial charge on any atom is -0.356 e. The van der Waals surface area contributed by atoms with Crippen molar-refractivity contribution in [2.45, 2.75) is 26.6 Å². The Hall–Kier alpha value is -0.990. The Morgan fingerprint density at radius 3 is 2.43 bits per heavy atom. The van der Waals surface area contributed by atoms with Crippen molar-refractivity contribution < 1.29 is 13.2 Å². The first-order chi connectivity index (χ1) is 9.32. The van der Waals surface area contributed by atoms with Crippen LogP contribution in [-0.2, 0) is 12.7 Å². The van der Waals surface area contributed by atoms with Gasteiger partial charge in [0.25, 0.3) is 0 Å². The summed E-state index contributed by atoms with van der Waals surface area (Å²) in [4.78, 5) is 4.02. The fraction of sp³-hybridized carbons (Fsp3) is 0.500. The van der Waals surface area contributed by atoms with Crippen molar-refractivity contribution in [1.29, 1.82) is 0 Å². The van der Waals surface area contributed by atoms with E-state index in [1.165, 1.54) is 6.07 Å². The quantitative estimate of drug-likeness (QED) is 0.448. The summed E-state index contributed by atoms with van der Waals surface area (Å²) in [5.74, 6) is 1.04. The fourth-order valence-corrected chi connectivity index (χ4v) is 1.56. The number of guanidine groups is 1. The molecule has 1 aromatic rings. The standard InChI is InChI=1S/C14H20F3N3.HI/c1-10(2)8-19-13(18-3)20-9-11-5-4-6-12(7-11)14(15,16)17;/h4-7,10H,8-9H2,1-3H3,(H2,18,19,20);1H. The summed E-state index contributed by atoms with van der Waals surface area (Å²) < 4.78 is 37.8. The van der Waals surface area contributed by atoms with Gasteiger partial charge >= 0.3 is 6.18 Å². The Bertz CT molecular complexity index is 459. The second-order valence-electron chi connectivity index (χ2n) is 4.90. The molecule has 0 aliphatic carbocycles. The molecule has 120 valence electrons. The van der Waals surface area contributed by atoms with E-state index < -0.39 is 11.7 Å². The molecule has 0 aliphatic heterocycles. The average Bonchev–Trinajstić information content (AvgIpc) is 2.38. The third-order valence-corrected chi connectivity index (χ3v) is 2.62. The van der Waals surface area contributed by atoms with Crippen LogP contribution in [0.15, 0.2) is 29.3 Å². The summed E-state index contributed by atoms with van der Waals surface area (Å²) in [7, 11) is 1.63. The van der Waals surface area contributed by atoms with Crippen molar-refractivity contribution in [3.05, 3.63) is 35.4 Å². The van der Waals surface area contributed by atoms with Crippen molar-refractivity contribution in [3.63, 3.8) is 0 Å². The van der Waals surface area contributed by atoms with E-state index in [4.69, 9.17) is 0 Å². The normalized spacial score (nSPS) is 12.0. The smallest absolute Gasteiger partial charge is 0.356 e. The molecule has 0 amide bonds. The molecule has 3 nitrogen and oxygen atoms in total. The Morgan fingerprint density at radius 1 is 1.24 bits per heavy atom. The summed E-state index contributed by atoms with van der Waals surface area (Å²) in [6, 6.07) is 5.26. The van der Waals surface area contributed by atoms with Gasteiger partial charge in [0, 0.05) is 20.1 Å². The number of halogens is 4. The van der Waals surface area contributed by atoms with Crippen LogP contribution >= 0.6 is 24.0 Å². The zero-order chi connectivity index (χ0) is 15.2. The molecule has 1 aromatic carbocycles. The van der Waals surface area contributed by atoms with Gasteiger partial charge in [-0.15, -0.1) is 24.0 Å². The van der Waals surface area contributed by atoms with Gasteiger partial charge < -0.3 is 10.6 Å². The molecule has 0 unspecified atom stereocenters. The van der Waals surface area contributed by atoms with Crippen LogP contribution in [-0.4, -0.2) is 19.6 Å². The van der Waals surface area contributed by atoms with Gasteiger partial charge in [-0.25, -0.2) is 0 Å². The molecule has 0 saturated carbocycles. The van der Waals surface area contributed by atoms with Crippen molar-refractivity contribution in [2.24, 2.45) is 10.9 Å². The first kappa shape index (κ1) is 20.0. The SMILES string of the molecule is CN=C(NCc1cccc(C(F)(F)F)c1)NCC(C)C.I. The molecule has 21 heavy (non-hydrogen) atoms. The molecule has 0 atom stereocenters. The Morgan fingerprint density at radius 2 is 1.90 bits per heavy atom. The van der Waals surface area contributed by atoms with Gasteiger partial charge in [0.05, 0.1) is 5.56 Å². The highest BCUT2D eigenvalue weighted by Gasteiger charge is 2.30. The average molecular weight is 415 g/mol. The topological polar surface area (TPSA) is 36.4 Å². The molecular weight excluding hydrogens is 394 g/mol. The number of aliphatic imine (C=N–C) groups is 1. The molecule has 0 heterocycles. The number of alkyl halides is 3. The second kappa shape index (κ2) is 9.11. The molecule has 2 N–H and O–H groups in total. The van der Waals surface area contributed by atoms with E-state index in [1.807, 2.05) is 0 Å². The Labute approximate surface area is 140 Å². The molecule has 0 aliphatic rings. The van der Waals surface area contributed by atoms with Gasteiger partial charge in [-0.2, -0.15) is 13.2 Å². The fourth-order valence-electron chi connectivity index (χ4n) is 1.56. The maximum absolute atomic E-state index is 12.6. The first-order valence-corrected chi connectivity index (χ1v) is 6.43. The summed E-state index contributed by atoms with van der Waals surface area (Å²) >= 11 is 0. The van der Waals surface area contributed by atoms with Crippen LogP contribution in [0.5, 0.6) is 0 Å². The van der Waals surface area contributed by atoms with Crippen molar-refractivity contribution in [3.8, 4) is 0 Å². The molecule has 0 saturated heterocycles. The zero-order valence-corrected chi connectivity index (χ0v) is 14.6. The van der Waals surface area contributed by atoms with Crippen molar-refractivity contribution in [2.75, 3.05) is 13.6 Å². The lowest BCUT2D eigenvalue weighted by Crippen LogP contribution is -2.38. The summed E-state index contributed by atoms with van der Waals surface area (Å²) in [5.41, 5.74) is -0.0748. The van der Waals surface area contributed by atoms with E-state index in [1.54, 1.807) is 13.1 Å². The minimum absolute atomic E-state index is 0. The van der Waals surface area contributed by atoms with Crippen molar-refractivity contribution >= 4 is 29.9 Å². The third kappa shape index (κ3) is 7.54. The van der Waals surface area contributed by atoms with Crippen LogP contribution in [0.4, 0.5) is 13.2 Å². The summed E-state index contributed by atoms with van der Waals surface area (Å²) in [5, 5.41) is 6.09. The predicted molar refractivity (Wildman–Crippen MR) is 89.9 cm³/mol. The lowest BCUT2D eigenvalue weighted by Gasteiger charge is -2.14. The molecule has 1 rings (SSSR count). The Balaban J connectivity index is 0.00000400. The molecule has 0 bridgehead atoms. The minimum atomic E-state index is -4.31. The van der Waals surface area contributed by atoms with Gasteiger partial charge in [-0.1, -0.05) is 26.0 Å². The van der Waals surface area contributed by atoms with Gasteiger partial charge in [-0.3, -0.25) is 4.99 Å². The number of rotatable bonds is 4. The molecule has 7 heteroatoms. The first-order valence-electron chi connectivity index (χ1n) is 6.43. The zero-order valence-electron chi connectivity index (χ0n) is 12.3. The van der Waals surface area contributed by atoms with Crippen LogP contribution in [0.25, 0.3) is 0 Å². The van der Waals surface area contributed by atoms with Gasteiger partial charge in [0.2, 0.25) is 0 Å². The molecular formula is C14H21F3IN3. The second-order valence-corrected chi connectivity index (χ2v) is 4.90. The Kier molecular flexibility index (Phi) is 8.68. The van der Waals surface area contributed by atoms with Gasteiger partial charge in [0.1, 0.15) is 0 Å². The van der Waals surface area contributed by atoms with Crippen LogP contribution in [0.1, 0.15) is 25.0 Å².